The minimum atomic E-state index is -0.144. The summed E-state index contributed by atoms with van der Waals surface area (Å²) >= 11 is 0. The van der Waals surface area contributed by atoms with Gasteiger partial charge in [0.1, 0.15) is 0 Å². The van der Waals surface area contributed by atoms with Crippen LogP contribution in [-0.2, 0) is 4.84 Å². The average Bonchev–Trinajstić information content (AvgIpc) is 2.08. The topological polar surface area (TPSA) is 45.7 Å². The second kappa shape index (κ2) is 6.56. The first-order valence-electron chi connectivity index (χ1n) is 4.73. The number of rotatable bonds is 6. The number of hydrogen-bond acceptors (Lipinski definition) is 4. The average molecular weight is 199 g/mol. The maximum atomic E-state index is 5.32. The predicted molar refractivity (Wildman–Crippen MR) is 60.1 cm³/mol. The Bertz CT molecular complexity index is 194. The minimum Gasteiger partial charge on any atom is -0.388 e. The Balaban J connectivity index is 3.35. The number of aliphatic imine (C=N–C) groups is 1. The molecule has 2 N–H and O–H groups in total. The number of allylic oxidation sites excluding steroid dienone is 1. The molecule has 0 bridgehead atoms. The van der Waals surface area contributed by atoms with Crippen molar-refractivity contribution >= 4 is 6.72 Å². The van der Waals surface area contributed by atoms with Crippen molar-refractivity contribution in [2.45, 2.75) is 33.3 Å². The van der Waals surface area contributed by atoms with Crippen LogP contribution in [0.4, 0.5) is 0 Å². The Labute approximate surface area is 86.4 Å². The highest BCUT2D eigenvalue weighted by atomic mass is 16.7. The molecule has 0 rings (SSSR count). The summed E-state index contributed by atoms with van der Waals surface area (Å²) in [6.45, 7) is 12.8. The largest absolute Gasteiger partial charge is 0.388 e. The zero-order chi connectivity index (χ0) is 11.0. The Kier molecular flexibility index (Phi) is 6.16. The van der Waals surface area contributed by atoms with E-state index in [-0.39, 0.29) is 5.60 Å². The molecule has 0 aromatic carbocycles. The molecule has 0 fully saturated rings. The van der Waals surface area contributed by atoms with E-state index in [4.69, 9.17) is 4.84 Å². The quantitative estimate of drug-likeness (QED) is 0.387. The van der Waals surface area contributed by atoms with E-state index in [1.54, 1.807) is 0 Å². The summed E-state index contributed by atoms with van der Waals surface area (Å²) in [5.41, 5.74) is 3.61. The summed E-state index contributed by atoms with van der Waals surface area (Å²) in [6.07, 6.45) is 1.83. The van der Waals surface area contributed by atoms with Crippen LogP contribution in [0.5, 0.6) is 0 Å². The van der Waals surface area contributed by atoms with Gasteiger partial charge in [-0.25, -0.2) is 5.48 Å². The van der Waals surface area contributed by atoms with Gasteiger partial charge in [-0.1, -0.05) is 0 Å². The molecule has 0 aliphatic carbocycles. The van der Waals surface area contributed by atoms with Crippen LogP contribution in [-0.4, -0.2) is 25.4 Å². The number of hydrogen-bond donors (Lipinski definition) is 2. The number of hydroxylamine groups is 1. The van der Waals surface area contributed by atoms with Gasteiger partial charge in [-0.15, -0.1) is 0 Å². The molecule has 0 spiro atoms. The van der Waals surface area contributed by atoms with Gasteiger partial charge in [0.2, 0.25) is 0 Å². The van der Waals surface area contributed by atoms with Crippen molar-refractivity contribution in [1.82, 2.24) is 10.8 Å². The summed E-state index contributed by atoms with van der Waals surface area (Å²) in [5.74, 6) is 0. The van der Waals surface area contributed by atoms with Crippen molar-refractivity contribution in [1.29, 1.82) is 0 Å². The maximum absolute atomic E-state index is 5.32. The van der Waals surface area contributed by atoms with Crippen molar-refractivity contribution < 1.29 is 4.84 Å². The highest BCUT2D eigenvalue weighted by Gasteiger charge is 2.08. The van der Waals surface area contributed by atoms with Crippen LogP contribution in [0.25, 0.3) is 0 Å². The zero-order valence-electron chi connectivity index (χ0n) is 9.55. The highest BCUT2D eigenvalue weighted by Crippen LogP contribution is 2.02. The number of nitrogens with one attached hydrogen (secondary N) is 2. The lowest BCUT2D eigenvalue weighted by atomic mass is 10.2. The monoisotopic (exact) mass is 199 g/mol. The second-order valence-corrected chi connectivity index (χ2v) is 4.01. The van der Waals surface area contributed by atoms with Crippen molar-refractivity contribution in [3.05, 3.63) is 11.9 Å². The SMILES string of the molecule is C=N/C(C)=C\NCCNOC(C)(C)C. The minimum absolute atomic E-state index is 0.144. The van der Waals surface area contributed by atoms with Gasteiger partial charge < -0.3 is 5.32 Å². The molecular formula is C10H21N3O. The molecule has 82 valence electrons. The molecule has 0 aromatic heterocycles. The third-order valence-corrected chi connectivity index (χ3v) is 1.31. The first kappa shape index (κ1) is 13.1. The fourth-order valence-corrected chi connectivity index (χ4v) is 0.656. The van der Waals surface area contributed by atoms with E-state index >= 15 is 0 Å². The van der Waals surface area contributed by atoms with Gasteiger partial charge in [0.15, 0.2) is 0 Å². The van der Waals surface area contributed by atoms with Crippen LogP contribution in [0, 0.1) is 0 Å². The number of nitrogens with zero attached hydrogens (tertiary/aromatic N) is 1. The molecule has 0 saturated carbocycles. The van der Waals surface area contributed by atoms with E-state index in [0.717, 1.165) is 18.8 Å². The van der Waals surface area contributed by atoms with Crippen LogP contribution >= 0.6 is 0 Å². The lowest BCUT2D eigenvalue weighted by Crippen LogP contribution is -2.33. The Morgan fingerprint density at radius 1 is 1.43 bits per heavy atom. The van der Waals surface area contributed by atoms with Crippen molar-refractivity contribution in [3.63, 3.8) is 0 Å². The van der Waals surface area contributed by atoms with Gasteiger partial charge in [-0.05, 0) is 34.4 Å². The van der Waals surface area contributed by atoms with E-state index in [0.29, 0.717) is 0 Å². The standard InChI is InChI=1S/C10H21N3O/c1-9(11-5)8-12-6-7-13-14-10(2,3)4/h8,12-13H,5-7H2,1-4H3/b9-8-. The fourth-order valence-electron chi connectivity index (χ4n) is 0.656. The molecule has 4 heteroatoms. The van der Waals surface area contributed by atoms with Gasteiger partial charge >= 0.3 is 0 Å². The Hall–Kier alpha value is -0.870. The van der Waals surface area contributed by atoms with Crippen LogP contribution in [0.3, 0.4) is 0 Å². The van der Waals surface area contributed by atoms with E-state index in [1.165, 1.54) is 0 Å². The van der Waals surface area contributed by atoms with Gasteiger partial charge in [0.05, 0.1) is 11.3 Å². The summed E-state index contributed by atoms with van der Waals surface area (Å²) in [4.78, 5) is 9.06. The molecule has 0 radical (unpaired) electrons. The van der Waals surface area contributed by atoms with Crippen LogP contribution in [0.1, 0.15) is 27.7 Å². The Morgan fingerprint density at radius 3 is 2.57 bits per heavy atom. The molecule has 0 aliphatic heterocycles. The molecule has 14 heavy (non-hydrogen) atoms. The summed E-state index contributed by atoms with van der Waals surface area (Å²) in [7, 11) is 0. The Morgan fingerprint density at radius 2 is 2.07 bits per heavy atom. The van der Waals surface area contributed by atoms with Crippen molar-refractivity contribution in [2.75, 3.05) is 13.1 Å². The van der Waals surface area contributed by atoms with Gasteiger partial charge in [-0.2, -0.15) is 0 Å². The van der Waals surface area contributed by atoms with Crippen molar-refractivity contribution in [2.24, 2.45) is 4.99 Å². The van der Waals surface area contributed by atoms with Gasteiger partial charge in [0, 0.05) is 19.3 Å². The third-order valence-electron chi connectivity index (χ3n) is 1.31. The van der Waals surface area contributed by atoms with Crippen LogP contribution in [0.2, 0.25) is 0 Å². The van der Waals surface area contributed by atoms with Crippen LogP contribution < -0.4 is 10.8 Å². The fraction of sp³-hybridized carbons (Fsp3) is 0.700. The first-order valence-corrected chi connectivity index (χ1v) is 4.73. The lowest BCUT2D eigenvalue weighted by molar-refractivity contribution is -0.0713. The molecule has 0 saturated heterocycles. The van der Waals surface area contributed by atoms with Crippen LogP contribution in [0.15, 0.2) is 16.9 Å². The van der Waals surface area contributed by atoms with Crippen molar-refractivity contribution in [3.8, 4) is 0 Å². The van der Waals surface area contributed by atoms with E-state index in [2.05, 4.69) is 22.5 Å². The molecule has 0 heterocycles. The van der Waals surface area contributed by atoms with Gasteiger partial charge in [-0.3, -0.25) is 9.83 Å². The molecular weight excluding hydrogens is 178 g/mol. The molecule has 0 unspecified atom stereocenters. The van der Waals surface area contributed by atoms with E-state index in [1.807, 2.05) is 33.9 Å². The summed E-state index contributed by atoms with van der Waals surface area (Å²) < 4.78 is 0. The molecule has 0 aliphatic rings. The third kappa shape index (κ3) is 9.22. The molecule has 0 atom stereocenters. The van der Waals surface area contributed by atoms with Gasteiger partial charge in [0.25, 0.3) is 0 Å². The highest BCUT2D eigenvalue weighted by molar-refractivity contribution is 5.27. The van der Waals surface area contributed by atoms with E-state index < -0.39 is 0 Å². The normalized spacial score (nSPS) is 12.7. The molecule has 4 nitrogen and oxygen atoms in total. The second-order valence-electron chi connectivity index (χ2n) is 4.01. The first-order chi connectivity index (χ1) is 6.45. The predicted octanol–water partition coefficient (Wildman–Crippen LogP) is 1.46. The van der Waals surface area contributed by atoms with E-state index in [9.17, 15) is 0 Å². The molecule has 0 aromatic rings. The summed E-state index contributed by atoms with van der Waals surface area (Å²) in [6, 6.07) is 0. The zero-order valence-corrected chi connectivity index (χ0v) is 9.55. The lowest BCUT2D eigenvalue weighted by Gasteiger charge is -2.19. The maximum Gasteiger partial charge on any atom is 0.0812 e. The smallest absolute Gasteiger partial charge is 0.0812 e. The summed E-state index contributed by atoms with van der Waals surface area (Å²) in [5, 5.41) is 3.08. The molecule has 0 amide bonds.